The number of hydrogen-bond donors (Lipinski definition) is 3. The van der Waals surface area contributed by atoms with E-state index in [2.05, 4.69) is 5.32 Å². The minimum absolute atomic E-state index is 0.0445. The van der Waals surface area contributed by atoms with Gasteiger partial charge in [-0.05, 0) is 25.8 Å². The Bertz CT molecular complexity index is 446. The molecular weight excluding hydrogens is 302 g/mol. The first-order chi connectivity index (χ1) is 10.8. The Kier molecular flexibility index (Phi) is 7.67. The summed E-state index contributed by atoms with van der Waals surface area (Å²) in [6.07, 6.45) is -0.661. The summed E-state index contributed by atoms with van der Waals surface area (Å²) in [4.78, 5) is 23.3. The summed E-state index contributed by atoms with van der Waals surface area (Å²) in [6.45, 7) is 7.06. The van der Waals surface area contributed by atoms with E-state index in [-0.39, 0.29) is 24.2 Å². The van der Waals surface area contributed by atoms with Crippen LogP contribution in [0.15, 0.2) is 11.6 Å². The largest absolute Gasteiger partial charge is 0.463 e. The van der Waals surface area contributed by atoms with Crippen LogP contribution in [0.4, 0.5) is 0 Å². The van der Waals surface area contributed by atoms with Gasteiger partial charge in [0.05, 0.1) is 30.4 Å². The van der Waals surface area contributed by atoms with Crippen LogP contribution in [0.3, 0.4) is 0 Å². The monoisotopic (exact) mass is 329 g/mol. The van der Waals surface area contributed by atoms with Crippen LogP contribution < -0.4 is 5.32 Å². The minimum Gasteiger partial charge on any atom is -0.463 e. The van der Waals surface area contributed by atoms with Crippen LogP contribution in [0, 0.1) is 0 Å². The first-order valence-electron chi connectivity index (χ1n) is 8.03. The third-order valence-corrected chi connectivity index (χ3v) is 3.85. The molecule has 0 aromatic carbocycles. The van der Waals surface area contributed by atoms with Gasteiger partial charge in [0.1, 0.15) is 12.2 Å². The molecule has 0 aromatic rings. The van der Waals surface area contributed by atoms with E-state index in [4.69, 9.17) is 9.47 Å². The van der Waals surface area contributed by atoms with Crippen molar-refractivity contribution >= 4 is 11.9 Å². The summed E-state index contributed by atoms with van der Waals surface area (Å²) < 4.78 is 10.8. The van der Waals surface area contributed by atoms with E-state index in [1.807, 2.05) is 13.8 Å². The van der Waals surface area contributed by atoms with E-state index >= 15 is 0 Å². The van der Waals surface area contributed by atoms with Gasteiger partial charge in [0.2, 0.25) is 5.91 Å². The molecule has 0 radical (unpaired) electrons. The molecule has 1 rings (SSSR count). The summed E-state index contributed by atoms with van der Waals surface area (Å²) in [5.41, 5.74) is -0.0445. The van der Waals surface area contributed by atoms with E-state index in [0.29, 0.717) is 0 Å². The van der Waals surface area contributed by atoms with Crippen LogP contribution in [0.25, 0.3) is 0 Å². The highest BCUT2D eigenvalue weighted by Crippen LogP contribution is 2.25. The molecule has 0 spiro atoms. The van der Waals surface area contributed by atoms with E-state index in [0.717, 1.165) is 12.8 Å². The molecule has 0 aromatic heterocycles. The fraction of sp³-hybridized carbons (Fsp3) is 0.750. The molecule has 7 heteroatoms. The predicted octanol–water partition coefficient (Wildman–Crippen LogP) is 0.290. The van der Waals surface area contributed by atoms with Gasteiger partial charge in [-0.2, -0.15) is 0 Å². The van der Waals surface area contributed by atoms with Gasteiger partial charge < -0.3 is 25.0 Å². The number of esters is 1. The number of carbonyl (C=O) groups excluding carboxylic acids is 2. The molecule has 3 N–H and O–H groups in total. The summed E-state index contributed by atoms with van der Waals surface area (Å²) in [6, 6.07) is -0.832. The predicted molar refractivity (Wildman–Crippen MR) is 83.6 cm³/mol. The molecule has 0 saturated carbocycles. The quantitative estimate of drug-likeness (QED) is 0.580. The lowest BCUT2D eigenvalue weighted by molar-refractivity contribution is -0.142. The van der Waals surface area contributed by atoms with Crippen LogP contribution in [0.1, 0.15) is 40.5 Å². The number of rotatable bonds is 7. The topological polar surface area (TPSA) is 105 Å². The van der Waals surface area contributed by atoms with Crippen LogP contribution in [-0.4, -0.2) is 59.2 Å². The lowest BCUT2D eigenvalue weighted by Crippen LogP contribution is -2.58. The van der Waals surface area contributed by atoms with E-state index in [1.54, 1.807) is 6.92 Å². The second kappa shape index (κ2) is 9.00. The zero-order valence-electron chi connectivity index (χ0n) is 14.1. The standard InChI is InChI=1S/C16H27NO6/c1-5-10(6-2)23-12-8-11(16(21)22-7-3)14(19)15(20)13(12)17-9(4)18/h8,10,12-15,19-20H,5-7H2,1-4H3,(H,17,18)/t12-,13+,14-,15+/m1/s1. The van der Waals surface area contributed by atoms with Crippen molar-refractivity contribution in [3.05, 3.63) is 11.6 Å². The summed E-state index contributed by atoms with van der Waals surface area (Å²) in [7, 11) is 0. The molecule has 132 valence electrons. The molecule has 1 aliphatic carbocycles. The molecule has 1 amide bonds. The normalized spacial score (nSPS) is 27.5. The Balaban J connectivity index is 3.11. The molecular formula is C16H27NO6. The number of aliphatic hydroxyl groups is 2. The number of aliphatic hydroxyl groups excluding tert-OH is 2. The fourth-order valence-electron chi connectivity index (χ4n) is 2.59. The van der Waals surface area contributed by atoms with Crippen LogP contribution in [0.5, 0.6) is 0 Å². The molecule has 0 fully saturated rings. The van der Waals surface area contributed by atoms with Crippen molar-refractivity contribution in [2.45, 2.75) is 71.0 Å². The SMILES string of the molecule is CCOC(=O)C1=C[C@@H](OC(CC)CC)[C@H](NC(C)=O)[C@H](O)[C@@H]1O. The highest BCUT2D eigenvalue weighted by atomic mass is 16.5. The van der Waals surface area contributed by atoms with Crippen molar-refractivity contribution in [1.82, 2.24) is 5.32 Å². The first-order valence-corrected chi connectivity index (χ1v) is 8.03. The van der Waals surface area contributed by atoms with E-state index in [1.165, 1.54) is 13.0 Å². The fourth-order valence-corrected chi connectivity index (χ4v) is 2.59. The maximum absolute atomic E-state index is 11.9. The highest BCUT2D eigenvalue weighted by Gasteiger charge is 2.42. The molecule has 0 unspecified atom stereocenters. The summed E-state index contributed by atoms with van der Waals surface area (Å²) in [5, 5.41) is 23.1. The zero-order valence-corrected chi connectivity index (χ0v) is 14.1. The molecule has 0 saturated heterocycles. The molecule has 0 bridgehead atoms. The van der Waals surface area contributed by atoms with Crippen molar-refractivity contribution in [2.24, 2.45) is 0 Å². The summed E-state index contributed by atoms with van der Waals surface area (Å²) in [5.74, 6) is -1.05. The number of ether oxygens (including phenoxy) is 2. The average Bonchev–Trinajstić information content (AvgIpc) is 2.51. The average molecular weight is 329 g/mol. The lowest BCUT2D eigenvalue weighted by Gasteiger charge is -2.38. The molecule has 0 aliphatic heterocycles. The van der Waals surface area contributed by atoms with Gasteiger partial charge in [0.15, 0.2) is 0 Å². The molecule has 7 nitrogen and oxygen atoms in total. The van der Waals surface area contributed by atoms with Gasteiger partial charge >= 0.3 is 5.97 Å². The van der Waals surface area contributed by atoms with Crippen molar-refractivity contribution in [3.8, 4) is 0 Å². The van der Waals surface area contributed by atoms with Gasteiger partial charge in [0.25, 0.3) is 0 Å². The first kappa shape index (κ1) is 19.6. The summed E-state index contributed by atoms with van der Waals surface area (Å²) >= 11 is 0. The molecule has 4 atom stereocenters. The number of amides is 1. The van der Waals surface area contributed by atoms with Crippen molar-refractivity contribution < 1.29 is 29.3 Å². The molecule has 23 heavy (non-hydrogen) atoms. The van der Waals surface area contributed by atoms with Gasteiger partial charge in [-0.15, -0.1) is 0 Å². The van der Waals surface area contributed by atoms with E-state index in [9.17, 15) is 19.8 Å². The second-order valence-electron chi connectivity index (χ2n) is 5.54. The molecule has 1 aliphatic rings. The van der Waals surface area contributed by atoms with Crippen molar-refractivity contribution in [3.63, 3.8) is 0 Å². The van der Waals surface area contributed by atoms with Gasteiger partial charge in [-0.1, -0.05) is 13.8 Å². The Morgan fingerprint density at radius 3 is 2.35 bits per heavy atom. The third kappa shape index (κ3) is 5.02. The Hall–Kier alpha value is -1.44. The number of nitrogens with one attached hydrogen (secondary N) is 1. The maximum Gasteiger partial charge on any atom is 0.336 e. The Morgan fingerprint density at radius 2 is 1.87 bits per heavy atom. The minimum atomic E-state index is -1.44. The van der Waals surface area contributed by atoms with Crippen molar-refractivity contribution in [2.75, 3.05) is 6.61 Å². The van der Waals surface area contributed by atoms with Crippen molar-refractivity contribution in [1.29, 1.82) is 0 Å². The smallest absolute Gasteiger partial charge is 0.336 e. The van der Waals surface area contributed by atoms with Gasteiger partial charge in [-0.25, -0.2) is 4.79 Å². The van der Waals surface area contributed by atoms with Crippen LogP contribution in [-0.2, 0) is 19.1 Å². The van der Waals surface area contributed by atoms with Gasteiger partial charge in [0, 0.05) is 6.92 Å². The van der Waals surface area contributed by atoms with Crippen LogP contribution >= 0.6 is 0 Å². The maximum atomic E-state index is 11.9. The highest BCUT2D eigenvalue weighted by molar-refractivity contribution is 5.90. The third-order valence-electron chi connectivity index (χ3n) is 3.85. The Labute approximate surface area is 136 Å². The van der Waals surface area contributed by atoms with Crippen LogP contribution in [0.2, 0.25) is 0 Å². The lowest BCUT2D eigenvalue weighted by atomic mass is 9.87. The van der Waals surface area contributed by atoms with E-state index < -0.39 is 30.3 Å². The Morgan fingerprint density at radius 1 is 1.26 bits per heavy atom. The molecule has 0 heterocycles. The van der Waals surface area contributed by atoms with Gasteiger partial charge in [-0.3, -0.25) is 4.79 Å². The number of carbonyl (C=O) groups is 2. The zero-order chi connectivity index (χ0) is 17.6. The number of hydrogen-bond acceptors (Lipinski definition) is 6. The second-order valence-corrected chi connectivity index (χ2v) is 5.54.